The molecule has 0 spiro atoms. The number of amides is 1. The van der Waals surface area contributed by atoms with E-state index in [9.17, 15) is 9.59 Å². The van der Waals surface area contributed by atoms with Crippen molar-refractivity contribution in [1.29, 1.82) is 0 Å². The van der Waals surface area contributed by atoms with Crippen LogP contribution in [0.2, 0.25) is 0 Å². The summed E-state index contributed by atoms with van der Waals surface area (Å²) < 4.78 is 10.6. The highest BCUT2D eigenvalue weighted by Gasteiger charge is 2.24. The summed E-state index contributed by atoms with van der Waals surface area (Å²) in [5.41, 5.74) is 4.03. The van der Waals surface area contributed by atoms with E-state index in [-0.39, 0.29) is 17.8 Å². The number of carbonyl (C=O) groups excluding carboxylic acids is 2. The van der Waals surface area contributed by atoms with Gasteiger partial charge in [-0.2, -0.15) is 0 Å². The number of aryl methyl sites for hydroxylation is 1. The fourth-order valence-electron chi connectivity index (χ4n) is 4.69. The molecular weight excluding hydrogens is 548 g/mol. The lowest BCUT2D eigenvalue weighted by Crippen LogP contribution is -2.17. The minimum Gasteiger partial charge on any atom is -0.462 e. The average Bonchev–Trinajstić information content (AvgIpc) is 3.34. The van der Waals surface area contributed by atoms with E-state index in [2.05, 4.69) is 43.4 Å². The van der Waals surface area contributed by atoms with Crippen molar-refractivity contribution in [3.63, 3.8) is 0 Å². The van der Waals surface area contributed by atoms with Crippen LogP contribution in [0, 0.1) is 12.8 Å². The Morgan fingerprint density at radius 3 is 2.50 bits per heavy atom. The van der Waals surface area contributed by atoms with Gasteiger partial charge in [0.2, 0.25) is 5.91 Å². The number of unbranched alkanes of at least 4 members (excludes halogenated alkanes) is 2. The van der Waals surface area contributed by atoms with Crippen molar-refractivity contribution in [2.75, 3.05) is 11.9 Å². The predicted octanol–water partition coefficient (Wildman–Crippen LogP) is 10.2. The molecular formula is C35H49ClN2O4. The van der Waals surface area contributed by atoms with Crippen molar-refractivity contribution < 1.29 is 18.8 Å². The summed E-state index contributed by atoms with van der Waals surface area (Å²) in [5, 5.41) is 7.76. The van der Waals surface area contributed by atoms with Gasteiger partial charge in [-0.3, -0.25) is 4.79 Å². The number of nitrogens with one attached hydrogen (secondary N) is 1. The number of halogens is 1. The third kappa shape index (κ3) is 11.6. The smallest absolute Gasteiger partial charge is 0.344 e. The Morgan fingerprint density at radius 2 is 1.83 bits per heavy atom. The van der Waals surface area contributed by atoms with Crippen molar-refractivity contribution in [3.8, 4) is 0 Å². The molecule has 7 heteroatoms. The van der Waals surface area contributed by atoms with Crippen molar-refractivity contribution in [2.24, 2.45) is 5.92 Å². The number of aromatic nitrogens is 1. The molecule has 0 fully saturated rings. The number of benzene rings is 1. The molecule has 1 aromatic carbocycles. The van der Waals surface area contributed by atoms with E-state index in [4.69, 9.17) is 20.9 Å². The van der Waals surface area contributed by atoms with Crippen molar-refractivity contribution >= 4 is 34.7 Å². The summed E-state index contributed by atoms with van der Waals surface area (Å²) in [6.45, 7) is 12.5. The van der Waals surface area contributed by atoms with Gasteiger partial charge < -0.3 is 14.6 Å². The summed E-state index contributed by atoms with van der Waals surface area (Å²) in [6, 6.07) is 8.33. The van der Waals surface area contributed by atoms with E-state index in [1.54, 1.807) is 6.92 Å². The van der Waals surface area contributed by atoms with Gasteiger partial charge in [-0.1, -0.05) is 113 Å². The fraction of sp³-hybridized carbons (Fsp3) is 0.514. The zero-order chi connectivity index (χ0) is 30.9. The molecule has 230 valence electrons. The Kier molecular flexibility index (Phi) is 16.0. The van der Waals surface area contributed by atoms with E-state index < -0.39 is 0 Å². The van der Waals surface area contributed by atoms with Gasteiger partial charge >= 0.3 is 5.97 Å². The molecule has 1 heterocycles. The van der Waals surface area contributed by atoms with Gasteiger partial charge in [0.05, 0.1) is 6.61 Å². The van der Waals surface area contributed by atoms with Crippen LogP contribution in [0.1, 0.15) is 126 Å². The molecule has 1 N–H and O–H groups in total. The standard InChI is InChI=1S/C18H22ClNO3.C17H27NO/c1-3-4-8-11-22-18(21)16-13(2)23-20-17(16)14-9-6-5-7-10-15(19)12-14;1-5-8-14(9-6-2)15-10-7-11-16(12-15)18-17(19)13(3)4/h5-6,9-10H,3-4,7-8,11-12H2,1-2H3;7,10-14H,5-6,8-9H2,1-4H3,(H,18,19)/b6-5?,14-9+,15-10+;. The maximum Gasteiger partial charge on any atom is 0.344 e. The number of allylic oxidation sites excluding steroid dienone is 6. The van der Waals surface area contributed by atoms with Crippen molar-refractivity contribution in [1.82, 2.24) is 5.16 Å². The van der Waals surface area contributed by atoms with E-state index in [1.807, 2.05) is 50.3 Å². The van der Waals surface area contributed by atoms with Gasteiger partial charge in [0.1, 0.15) is 17.0 Å². The van der Waals surface area contributed by atoms with E-state index in [0.29, 0.717) is 36.0 Å². The number of hydrogen-bond acceptors (Lipinski definition) is 5. The number of anilines is 1. The van der Waals surface area contributed by atoms with Crippen LogP contribution in [-0.2, 0) is 9.53 Å². The van der Waals surface area contributed by atoms with Crippen LogP contribution in [0.4, 0.5) is 5.69 Å². The molecule has 0 atom stereocenters. The Morgan fingerprint density at radius 1 is 1.10 bits per heavy atom. The second-order valence-electron chi connectivity index (χ2n) is 11.0. The topological polar surface area (TPSA) is 81.4 Å². The number of nitrogens with zero attached hydrogens (tertiary/aromatic N) is 1. The monoisotopic (exact) mass is 596 g/mol. The molecule has 42 heavy (non-hydrogen) atoms. The van der Waals surface area contributed by atoms with E-state index in [0.717, 1.165) is 42.0 Å². The van der Waals surface area contributed by atoms with Crippen molar-refractivity contribution in [2.45, 2.75) is 105 Å². The largest absolute Gasteiger partial charge is 0.462 e. The molecule has 0 unspecified atom stereocenters. The van der Waals surface area contributed by atoms with Crippen LogP contribution < -0.4 is 5.32 Å². The van der Waals surface area contributed by atoms with Crippen LogP contribution in [0.25, 0.3) is 5.57 Å². The molecule has 0 bridgehead atoms. The second-order valence-corrected chi connectivity index (χ2v) is 11.5. The average molecular weight is 597 g/mol. The number of carbonyl (C=O) groups is 2. The van der Waals surface area contributed by atoms with Crippen LogP contribution >= 0.6 is 11.6 Å². The molecule has 0 aliphatic heterocycles. The van der Waals surface area contributed by atoms with Crippen LogP contribution in [0.3, 0.4) is 0 Å². The summed E-state index contributed by atoms with van der Waals surface area (Å²) >= 11 is 6.21. The molecule has 6 nitrogen and oxygen atoms in total. The zero-order valence-corrected chi connectivity index (χ0v) is 27.1. The normalized spacial score (nSPS) is 15.5. The molecule has 1 amide bonds. The van der Waals surface area contributed by atoms with Crippen molar-refractivity contribution in [3.05, 3.63) is 76.2 Å². The number of rotatable bonds is 13. The first-order valence-corrected chi connectivity index (χ1v) is 15.8. The third-order valence-corrected chi connectivity index (χ3v) is 7.33. The second kappa shape index (κ2) is 19.1. The zero-order valence-electron chi connectivity index (χ0n) is 26.3. The molecule has 1 aliphatic rings. The predicted molar refractivity (Wildman–Crippen MR) is 174 cm³/mol. The summed E-state index contributed by atoms with van der Waals surface area (Å²) in [7, 11) is 0. The number of ether oxygens (including phenoxy) is 1. The lowest BCUT2D eigenvalue weighted by atomic mass is 9.90. The minimum atomic E-state index is -0.387. The fourth-order valence-corrected chi connectivity index (χ4v) is 4.92. The van der Waals surface area contributed by atoms with Gasteiger partial charge in [0.25, 0.3) is 0 Å². The van der Waals surface area contributed by atoms with Crippen LogP contribution in [0.5, 0.6) is 0 Å². The van der Waals surface area contributed by atoms with Crippen LogP contribution in [-0.4, -0.2) is 23.6 Å². The highest BCUT2D eigenvalue weighted by Crippen LogP contribution is 2.30. The molecule has 1 aliphatic carbocycles. The van der Waals surface area contributed by atoms with E-state index >= 15 is 0 Å². The number of esters is 1. The first-order chi connectivity index (χ1) is 20.2. The maximum atomic E-state index is 12.4. The first-order valence-electron chi connectivity index (χ1n) is 15.5. The highest BCUT2D eigenvalue weighted by atomic mass is 35.5. The maximum absolute atomic E-state index is 12.4. The number of hydrogen-bond donors (Lipinski definition) is 1. The SMILES string of the molecule is CCCC(CCC)c1cccc(NC(=O)C(C)C)c1.CCCCCOC(=O)c1c(/C2=C/C=CC/C=C(/Cl)C2)noc1C. The van der Waals surface area contributed by atoms with Crippen LogP contribution in [0.15, 0.2) is 58.1 Å². The first kappa shape index (κ1) is 35.1. The van der Waals surface area contributed by atoms with Gasteiger partial charge in [0.15, 0.2) is 0 Å². The Balaban J connectivity index is 0.000000299. The summed E-state index contributed by atoms with van der Waals surface area (Å²) in [5.74, 6) is 0.797. The lowest BCUT2D eigenvalue weighted by molar-refractivity contribution is -0.118. The van der Waals surface area contributed by atoms with Gasteiger partial charge in [-0.25, -0.2) is 4.79 Å². The Hall–Kier alpha value is -3.12. The lowest BCUT2D eigenvalue weighted by Gasteiger charge is -2.17. The van der Waals surface area contributed by atoms with Gasteiger partial charge in [-0.15, -0.1) is 0 Å². The summed E-state index contributed by atoms with van der Waals surface area (Å²) in [6.07, 6.45) is 16.9. The molecule has 0 saturated carbocycles. The quantitative estimate of drug-likeness (QED) is 0.184. The summed E-state index contributed by atoms with van der Waals surface area (Å²) in [4.78, 5) is 24.1. The molecule has 1 aromatic heterocycles. The Bertz CT molecular complexity index is 1220. The van der Waals surface area contributed by atoms with Gasteiger partial charge in [0, 0.05) is 23.1 Å². The highest BCUT2D eigenvalue weighted by molar-refractivity contribution is 6.30. The molecule has 3 rings (SSSR count). The third-order valence-electron chi connectivity index (χ3n) is 7.04. The minimum absolute atomic E-state index is 0.0192. The Labute approximate surface area is 257 Å². The molecule has 0 saturated heterocycles. The van der Waals surface area contributed by atoms with Gasteiger partial charge in [-0.05, 0) is 61.8 Å². The molecule has 2 aromatic rings. The van der Waals surface area contributed by atoms with E-state index in [1.165, 1.54) is 31.2 Å². The molecule has 0 radical (unpaired) electrons.